The van der Waals surface area contributed by atoms with Crippen molar-refractivity contribution in [1.29, 1.82) is 0 Å². The van der Waals surface area contributed by atoms with Crippen molar-refractivity contribution in [3.05, 3.63) is 51.6 Å². The quantitative estimate of drug-likeness (QED) is 0.649. The Hall–Kier alpha value is -1.14. The molecule has 2 nitrogen and oxygen atoms in total. The number of rotatable bonds is 2. The van der Waals surface area contributed by atoms with Crippen molar-refractivity contribution < 1.29 is 0 Å². The zero-order valence-corrected chi connectivity index (χ0v) is 12.7. The summed E-state index contributed by atoms with van der Waals surface area (Å²) in [6.07, 6.45) is 0. The lowest BCUT2D eigenvalue weighted by molar-refractivity contribution is 1.40. The lowest BCUT2D eigenvalue weighted by Gasteiger charge is -2.01. The van der Waals surface area contributed by atoms with Gasteiger partial charge in [0, 0.05) is 9.26 Å². The number of fused-ring (bicyclic) bond motifs is 1. The molecule has 0 saturated heterocycles. The molecule has 1 N–H and O–H groups in total. The van der Waals surface area contributed by atoms with Crippen molar-refractivity contribution in [2.45, 2.75) is 6.92 Å². The molecule has 0 fully saturated rings. The van der Waals surface area contributed by atoms with Gasteiger partial charge in [-0.15, -0.1) is 0 Å². The van der Waals surface area contributed by atoms with E-state index in [1.165, 1.54) is 13.8 Å². The predicted molar refractivity (Wildman–Crippen MR) is 86.8 cm³/mol. The van der Waals surface area contributed by atoms with E-state index >= 15 is 0 Å². The molecule has 0 amide bonds. The number of nitrogens with one attached hydrogen (secondary N) is 1. The van der Waals surface area contributed by atoms with Gasteiger partial charge >= 0.3 is 0 Å². The summed E-state index contributed by atoms with van der Waals surface area (Å²) < 4.78 is 2.46. The highest BCUT2D eigenvalue weighted by Gasteiger charge is 2.05. The van der Waals surface area contributed by atoms with Crippen LogP contribution in [0, 0.1) is 10.5 Å². The van der Waals surface area contributed by atoms with E-state index in [0.29, 0.717) is 0 Å². The lowest BCUT2D eigenvalue weighted by Crippen LogP contribution is -1.88. The number of para-hydroxylation sites is 1. The van der Waals surface area contributed by atoms with Crippen molar-refractivity contribution in [3.8, 4) is 0 Å². The molecule has 0 spiro atoms. The van der Waals surface area contributed by atoms with Gasteiger partial charge in [-0.05, 0) is 65.4 Å². The van der Waals surface area contributed by atoms with Crippen molar-refractivity contribution in [1.82, 2.24) is 4.98 Å². The molecule has 0 aliphatic heterocycles. The second kappa shape index (κ2) is 4.85. The fraction of sp³-hybridized carbons (Fsp3) is 0.0714. The third-order valence-electron chi connectivity index (χ3n) is 2.72. The van der Waals surface area contributed by atoms with Crippen LogP contribution in [0.25, 0.3) is 10.2 Å². The van der Waals surface area contributed by atoms with Crippen LogP contribution in [0.2, 0.25) is 0 Å². The molecule has 0 atom stereocenters. The predicted octanol–water partition coefficient (Wildman–Crippen LogP) is 4.95. The van der Waals surface area contributed by atoms with Crippen LogP contribution in [-0.2, 0) is 0 Å². The number of halogens is 1. The van der Waals surface area contributed by atoms with Gasteiger partial charge in [0.25, 0.3) is 0 Å². The molecule has 18 heavy (non-hydrogen) atoms. The van der Waals surface area contributed by atoms with E-state index in [0.717, 1.165) is 16.3 Å². The van der Waals surface area contributed by atoms with Crippen LogP contribution in [0.3, 0.4) is 0 Å². The third-order valence-corrected chi connectivity index (χ3v) is 4.37. The summed E-state index contributed by atoms with van der Waals surface area (Å²) >= 11 is 3.99. The maximum absolute atomic E-state index is 4.64. The number of anilines is 2. The summed E-state index contributed by atoms with van der Waals surface area (Å²) in [5.41, 5.74) is 3.39. The fourth-order valence-electron chi connectivity index (χ4n) is 1.80. The van der Waals surface area contributed by atoms with Crippen LogP contribution in [0.1, 0.15) is 5.56 Å². The van der Waals surface area contributed by atoms with Crippen LogP contribution < -0.4 is 5.32 Å². The maximum Gasteiger partial charge on any atom is 0.188 e. The average Bonchev–Trinajstić information content (AvgIpc) is 2.76. The Morgan fingerprint density at radius 3 is 2.61 bits per heavy atom. The first-order valence-corrected chi connectivity index (χ1v) is 7.51. The standard InChI is InChI=1S/C14H11IN2S/c1-9-3-2-4-12-13(9)17-14(18-12)16-11-7-5-10(15)6-8-11/h2-8H,1H3,(H,16,17). The fourth-order valence-corrected chi connectivity index (χ4v) is 3.12. The molecule has 3 rings (SSSR count). The summed E-state index contributed by atoms with van der Waals surface area (Å²) in [6.45, 7) is 2.09. The summed E-state index contributed by atoms with van der Waals surface area (Å²) in [5.74, 6) is 0. The molecule has 0 radical (unpaired) electrons. The van der Waals surface area contributed by atoms with Crippen molar-refractivity contribution in [2.24, 2.45) is 0 Å². The van der Waals surface area contributed by atoms with Crippen LogP contribution >= 0.6 is 33.9 Å². The Labute approximate surface area is 123 Å². The molecule has 1 aromatic heterocycles. The van der Waals surface area contributed by atoms with Gasteiger partial charge in [-0.25, -0.2) is 4.98 Å². The van der Waals surface area contributed by atoms with E-state index in [1.807, 2.05) is 0 Å². The highest BCUT2D eigenvalue weighted by molar-refractivity contribution is 14.1. The first kappa shape index (κ1) is 11.9. The van der Waals surface area contributed by atoms with Gasteiger partial charge in [0.15, 0.2) is 5.13 Å². The van der Waals surface area contributed by atoms with Gasteiger partial charge in [-0.3, -0.25) is 0 Å². The Morgan fingerprint density at radius 2 is 1.89 bits per heavy atom. The normalized spacial score (nSPS) is 10.8. The van der Waals surface area contributed by atoms with Gasteiger partial charge in [-0.1, -0.05) is 23.5 Å². The van der Waals surface area contributed by atoms with Crippen LogP contribution in [-0.4, -0.2) is 4.98 Å². The van der Waals surface area contributed by atoms with Crippen LogP contribution in [0.4, 0.5) is 10.8 Å². The van der Waals surface area contributed by atoms with E-state index in [-0.39, 0.29) is 0 Å². The lowest BCUT2D eigenvalue weighted by atomic mass is 10.2. The molecular formula is C14H11IN2S. The van der Waals surface area contributed by atoms with Gasteiger partial charge in [0.1, 0.15) is 0 Å². The van der Waals surface area contributed by atoms with Crippen LogP contribution in [0.15, 0.2) is 42.5 Å². The number of thiazole rings is 1. The van der Waals surface area contributed by atoms with Crippen molar-refractivity contribution >= 4 is 55.0 Å². The molecule has 0 bridgehead atoms. The number of nitrogens with zero attached hydrogens (tertiary/aromatic N) is 1. The van der Waals surface area contributed by atoms with Gasteiger partial charge in [0.05, 0.1) is 10.2 Å². The van der Waals surface area contributed by atoms with E-state index in [4.69, 9.17) is 0 Å². The highest BCUT2D eigenvalue weighted by atomic mass is 127. The van der Waals surface area contributed by atoms with E-state index < -0.39 is 0 Å². The third kappa shape index (κ3) is 2.35. The minimum absolute atomic E-state index is 0.945. The van der Waals surface area contributed by atoms with E-state index in [2.05, 4.69) is 82.3 Å². The smallest absolute Gasteiger partial charge is 0.188 e. The zero-order chi connectivity index (χ0) is 12.5. The number of hydrogen-bond acceptors (Lipinski definition) is 3. The molecule has 0 saturated carbocycles. The second-order valence-electron chi connectivity index (χ2n) is 4.07. The summed E-state index contributed by atoms with van der Waals surface area (Å²) in [4.78, 5) is 4.64. The van der Waals surface area contributed by atoms with E-state index in [9.17, 15) is 0 Å². The molecule has 1 heterocycles. The SMILES string of the molecule is Cc1cccc2sc(Nc3ccc(I)cc3)nc12. The van der Waals surface area contributed by atoms with Crippen LogP contribution in [0.5, 0.6) is 0 Å². The first-order valence-electron chi connectivity index (χ1n) is 5.61. The minimum atomic E-state index is 0.945. The summed E-state index contributed by atoms with van der Waals surface area (Å²) in [7, 11) is 0. The van der Waals surface area contributed by atoms with Gasteiger partial charge in [-0.2, -0.15) is 0 Å². The molecule has 2 aromatic carbocycles. The second-order valence-corrected chi connectivity index (χ2v) is 6.35. The molecule has 0 aliphatic carbocycles. The largest absolute Gasteiger partial charge is 0.332 e. The Kier molecular flexibility index (Phi) is 3.22. The molecule has 0 unspecified atom stereocenters. The van der Waals surface area contributed by atoms with Crippen molar-refractivity contribution in [2.75, 3.05) is 5.32 Å². The molecule has 4 heteroatoms. The van der Waals surface area contributed by atoms with E-state index in [1.54, 1.807) is 11.3 Å². The first-order chi connectivity index (χ1) is 8.72. The Balaban J connectivity index is 1.95. The molecule has 90 valence electrons. The topological polar surface area (TPSA) is 24.9 Å². The zero-order valence-electron chi connectivity index (χ0n) is 9.77. The Morgan fingerprint density at radius 1 is 1.11 bits per heavy atom. The highest BCUT2D eigenvalue weighted by Crippen LogP contribution is 2.29. The summed E-state index contributed by atoms with van der Waals surface area (Å²) in [5, 5.41) is 4.30. The minimum Gasteiger partial charge on any atom is -0.332 e. The monoisotopic (exact) mass is 366 g/mol. The van der Waals surface area contributed by atoms with Gasteiger partial charge < -0.3 is 5.32 Å². The molecular weight excluding hydrogens is 355 g/mol. The average molecular weight is 366 g/mol. The van der Waals surface area contributed by atoms with Crippen molar-refractivity contribution in [3.63, 3.8) is 0 Å². The number of hydrogen-bond donors (Lipinski definition) is 1. The summed E-state index contributed by atoms with van der Waals surface area (Å²) in [6, 6.07) is 14.6. The number of aryl methyl sites for hydroxylation is 1. The molecule has 3 aromatic rings. The van der Waals surface area contributed by atoms with Gasteiger partial charge in [0.2, 0.25) is 0 Å². The maximum atomic E-state index is 4.64. The number of benzene rings is 2. The Bertz CT molecular complexity index is 689. The molecule has 0 aliphatic rings. The number of aromatic nitrogens is 1.